The Morgan fingerprint density at radius 3 is 1.34 bits per heavy atom. The highest BCUT2D eigenvalue weighted by Gasteiger charge is 2.25. The monoisotopic (exact) mass is 450 g/mol. The van der Waals surface area contributed by atoms with Crippen LogP contribution in [0.3, 0.4) is 0 Å². The van der Waals surface area contributed by atoms with E-state index in [0.29, 0.717) is 11.8 Å². The van der Waals surface area contributed by atoms with E-state index >= 15 is 0 Å². The molecule has 2 atom stereocenters. The van der Waals surface area contributed by atoms with E-state index in [2.05, 4.69) is 27.7 Å². The summed E-state index contributed by atoms with van der Waals surface area (Å²) in [6, 6.07) is 0. The van der Waals surface area contributed by atoms with E-state index in [0.717, 1.165) is 37.5 Å². The van der Waals surface area contributed by atoms with Gasteiger partial charge in [0, 0.05) is 0 Å². The number of unbranched alkanes of at least 4 members (excludes halogenated alkanes) is 2. The minimum atomic E-state index is -0.574. The Morgan fingerprint density at radius 2 is 1.06 bits per heavy atom. The van der Waals surface area contributed by atoms with Crippen LogP contribution in [0.25, 0.3) is 0 Å². The van der Waals surface area contributed by atoms with E-state index in [9.17, 15) is 9.90 Å². The fourth-order valence-corrected chi connectivity index (χ4v) is 6.28. The van der Waals surface area contributed by atoms with Crippen LogP contribution in [0.5, 0.6) is 0 Å². The largest absolute Gasteiger partial charge is 0.481 e. The van der Waals surface area contributed by atoms with Crippen LogP contribution in [0.1, 0.15) is 156 Å². The van der Waals surface area contributed by atoms with Crippen molar-refractivity contribution in [3.63, 3.8) is 0 Å². The van der Waals surface area contributed by atoms with Gasteiger partial charge in [0.1, 0.15) is 0 Å². The molecule has 2 heteroatoms. The molecular formula is C30H58O2. The summed E-state index contributed by atoms with van der Waals surface area (Å²) in [7, 11) is 0. The number of hydrogen-bond donors (Lipinski definition) is 1. The highest BCUT2D eigenvalue weighted by molar-refractivity contribution is 5.69. The van der Waals surface area contributed by atoms with Crippen LogP contribution >= 0.6 is 0 Å². The van der Waals surface area contributed by atoms with Gasteiger partial charge in [0.2, 0.25) is 0 Å². The van der Waals surface area contributed by atoms with Gasteiger partial charge >= 0.3 is 5.97 Å². The summed E-state index contributed by atoms with van der Waals surface area (Å²) in [5, 5.41) is 9.51. The number of aliphatic carboxylic acids is 1. The highest BCUT2D eigenvalue weighted by Crippen LogP contribution is 2.38. The molecule has 0 bridgehead atoms. The van der Waals surface area contributed by atoms with E-state index < -0.39 is 5.97 Å². The number of carbonyl (C=O) groups is 1. The van der Waals surface area contributed by atoms with E-state index in [1.165, 1.54) is 77.0 Å². The topological polar surface area (TPSA) is 37.3 Å². The molecule has 2 unspecified atom stereocenters. The molecule has 0 saturated heterocycles. The molecule has 2 nitrogen and oxygen atoms in total. The van der Waals surface area contributed by atoms with Crippen LogP contribution in [0.2, 0.25) is 0 Å². The maximum Gasteiger partial charge on any atom is 0.306 e. The average molecular weight is 451 g/mol. The smallest absolute Gasteiger partial charge is 0.306 e. The second-order valence-corrected chi connectivity index (χ2v) is 11.1. The number of carboxylic acid groups (broad SMARTS) is 1. The van der Waals surface area contributed by atoms with Crippen molar-refractivity contribution in [1.29, 1.82) is 0 Å². The lowest BCUT2D eigenvalue weighted by molar-refractivity contribution is -0.143. The molecule has 190 valence electrons. The van der Waals surface area contributed by atoms with Gasteiger partial charge in [-0.1, -0.05) is 143 Å². The van der Waals surface area contributed by atoms with Crippen LogP contribution in [0, 0.1) is 29.6 Å². The Bertz CT molecular complexity index is 400. The molecule has 0 spiro atoms. The quantitative estimate of drug-likeness (QED) is 0.286. The van der Waals surface area contributed by atoms with Crippen molar-refractivity contribution in [3.8, 4) is 0 Å². The van der Waals surface area contributed by atoms with E-state index in [1.54, 1.807) is 25.7 Å². The standard InChI is InChI=1S/C18H36O2.C12H22/c1-5-9-11-15(7-3)13-17(18(19)20)14-16(8-4)12-10-6-2;1-3-7-11(8-4-1)12-9-5-2-6-10-12/h15-17H,5-14H2,1-4H3,(H,19,20);11-12H,1-10H2. The van der Waals surface area contributed by atoms with Crippen molar-refractivity contribution in [2.24, 2.45) is 29.6 Å². The minimum Gasteiger partial charge on any atom is -0.481 e. The Hall–Kier alpha value is -0.530. The molecular weight excluding hydrogens is 392 g/mol. The first kappa shape index (κ1) is 29.5. The Labute approximate surface area is 201 Å². The molecule has 0 aromatic heterocycles. The summed E-state index contributed by atoms with van der Waals surface area (Å²) in [4.78, 5) is 11.5. The lowest BCUT2D eigenvalue weighted by atomic mass is 9.73. The Balaban J connectivity index is 0.000000357. The third-order valence-electron chi connectivity index (χ3n) is 8.64. The molecule has 2 saturated carbocycles. The Kier molecular flexibility index (Phi) is 17.4. The van der Waals surface area contributed by atoms with E-state index in [4.69, 9.17) is 0 Å². The second-order valence-electron chi connectivity index (χ2n) is 11.1. The number of carboxylic acids is 1. The number of hydrogen-bond acceptors (Lipinski definition) is 1. The van der Waals surface area contributed by atoms with Gasteiger partial charge in [0.05, 0.1) is 5.92 Å². The lowest BCUT2D eigenvalue weighted by Crippen LogP contribution is -2.21. The lowest BCUT2D eigenvalue weighted by Gasteiger charge is -2.32. The van der Waals surface area contributed by atoms with Gasteiger partial charge in [0.15, 0.2) is 0 Å². The number of rotatable bonds is 14. The van der Waals surface area contributed by atoms with Crippen molar-refractivity contribution in [3.05, 3.63) is 0 Å². The molecule has 0 radical (unpaired) electrons. The van der Waals surface area contributed by atoms with Gasteiger partial charge in [0.25, 0.3) is 0 Å². The first-order valence-electron chi connectivity index (χ1n) is 14.8. The molecule has 0 amide bonds. The SMILES string of the molecule is C1CCC(C2CCCCC2)CC1.CCCCC(CC)CC(CC(CC)CCCC)C(=O)O. The fourth-order valence-electron chi connectivity index (χ4n) is 6.28. The third-order valence-corrected chi connectivity index (χ3v) is 8.64. The van der Waals surface area contributed by atoms with Gasteiger partial charge in [-0.05, 0) is 36.5 Å². The summed E-state index contributed by atoms with van der Waals surface area (Å²) in [6.45, 7) is 8.82. The molecule has 1 N–H and O–H groups in total. The summed E-state index contributed by atoms with van der Waals surface area (Å²) >= 11 is 0. The zero-order valence-electron chi connectivity index (χ0n) is 22.4. The van der Waals surface area contributed by atoms with Crippen LogP contribution in [-0.2, 0) is 4.79 Å². The third kappa shape index (κ3) is 12.6. The first-order valence-corrected chi connectivity index (χ1v) is 14.8. The molecule has 0 aromatic rings. The maximum absolute atomic E-state index is 11.5. The molecule has 2 rings (SSSR count). The van der Waals surface area contributed by atoms with E-state index in [1.807, 2.05) is 0 Å². The van der Waals surface area contributed by atoms with Crippen molar-refractivity contribution in [2.45, 2.75) is 156 Å². The average Bonchev–Trinajstić information content (AvgIpc) is 2.84. The van der Waals surface area contributed by atoms with Gasteiger partial charge in [-0.3, -0.25) is 4.79 Å². The zero-order chi connectivity index (χ0) is 23.6. The Morgan fingerprint density at radius 1 is 0.688 bits per heavy atom. The summed E-state index contributed by atoms with van der Waals surface area (Å²) < 4.78 is 0. The summed E-state index contributed by atoms with van der Waals surface area (Å²) in [6.07, 6.45) is 26.7. The molecule has 0 aliphatic heterocycles. The van der Waals surface area contributed by atoms with Gasteiger partial charge in [-0.2, -0.15) is 0 Å². The molecule has 2 fully saturated rings. The highest BCUT2D eigenvalue weighted by atomic mass is 16.4. The van der Waals surface area contributed by atoms with Crippen LogP contribution in [0.15, 0.2) is 0 Å². The normalized spacial score (nSPS) is 20.8. The summed E-state index contributed by atoms with van der Waals surface area (Å²) in [5.41, 5.74) is 0. The van der Waals surface area contributed by atoms with Crippen molar-refractivity contribution >= 4 is 5.97 Å². The fraction of sp³-hybridized carbons (Fsp3) is 0.967. The molecule has 32 heavy (non-hydrogen) atoms. The van der Waals surface area contributed by atoms with Crippen LogP contribution in [-0.4, -0.2) is 11.1 Å². The van der Waals surface area contributed by atoms with Crippen LogP contribution in [0.4, 0.5) is 0 Å². The minimum absolute atomic E-state index is 0.126. The van der Waals surface area contributed by atoms with Gasteiger partial charge < -0.3 is 5.11 Å². The van der Waals surface area contributed by atoms with E-state index in [-0.39, 0.29) is 5.92 Å². The predicted octanol–water partition coefficient (Wildman–Crippen LogP) is 10.0. The predicted molar refractivity (Wildman–Crippen MR) is 140 cm³/mol. The van der Waals surface area contributed by atoms with Crippen molar-refractivity contribution in [1.82, 2.24) is 0 Å². The first-order chi connectivity index (χ1) is 15.5. The molecule has 0 heterocycles. The zero-order valence-corrected chi connectivity index (χ0v) is 22.4. The maximum atomic E-state index is 11.5. The second kappa shape index (κ2) is 18.8. The van der Waals surface area contributed by atoms with Gasteiger partial charge in [-0.25, -0.2) is 0 Å². The molecule has 2 aliphatic rings. The van der Waals surface area contributed by atoms with Crippen LogP contribution < -0.4 is 0 Å². The van der Waals surface area contributed by atoms with Crippen molar-refractivity contribution < 1.29 is 9.90 Å². The molecule has 2 aliphatic carbocycles. The van der Waals surface area contributed by atoms with Gasteiger partial charge in [-0.15, -0.1) is 0 Å². The molecule has 0 aromatic carbocycles. The summed E-state index contributed by atoms with van der Waals surface area (Å²) in [5.74, 6) is 2.77. The van der Waals surface area contributed by atoms with Crippen molar-refractivity contribution in [2.75, 3.05) is 0 Å².